The average molecular weight is 414 g/mol. The number of para-hydroxylation sites is 1. The number of hydrogen-bond donors (Lipinski definition) is 1. The Morgan fingerprint density at radius 3 is 2.72 bits per heavy atom. The molecule has 29 heavy (non-hydrogen) atoms. The van der Waals surface area contributed by atoms with Crippen molar-refractivity contribution in [1.82, 2.24) is 4.98 Å². The molecule has 0 saturated heterocycles. The van der Waals surface area contributed by atoms with Gasteiger partial charge in [0.25, 0.3) is 5.91 Å². The van der Waals surface area contributed by atoms with Crippen LogP contribution in [0.25, 0.3) is 0 Å². The van der Waals surface area contributed by atoms with E-state index in [-0.39, 0.29) is 17.9 Å². The van der Waals surface area contributed by atoms with Crippen LogP contribution < -0.4 is 10.1 Å². The molecule has 0 aliphatic rings. The van der Waals surface area contributed by atoms with Gasteiger partial charge >= 0.3 is 5.97 Å². The highest BCUT2D eigenvalue weighted by atomic mass is 32.1. The van der Waals surface area contributed by atoms with E-state index >= 15 is 0 Å². The van der Waals surface area contributed by atoms with Gasteiger partial charge in [0.1, 0.15) is 23.7 Å². The molecule has 8 heteroatoms. The van der Waals surface area contributed by atoms with Crippen LogP contribution in [0.2, 0.25) is 0 Å². The normalized spacial score (nSPS) is 11.6. The first-order chi connectivity index (χ1) is 13.9. The number of ether oxygens (including phenoxy) is 2. The summed E-state index contributed by atoms with van der Waals surface area (Å²) >= 11 is 1.51. The van der Waals surface area contributed by atoms with Crippen LogP contribution in [0.1, 0.15) is 28.0 Å². The molecule has 0 radical (unpaired) electrons. The minimum Gasteiger partial charge on any atom is -0.486 e. The summed E-state index contributed by atoms with van der Waals surface area (Å²) in [5.74, 6) is -1.41. The largest absolute Gasteiger partial charge is 0.486 e. The number of nitrogens with zero attached hydrogens (tertiary/aromatic N) is 1. The van der Waals surface area contributed by atoms with E-state index in [9.17, 15) is 14.0 Å². The van der Waals surface area contributed by atoms with Crippen molar-refractivity contribution in [3.8, 4) is 5.75 Å². The third-order valence-corrected chi connectivity index (χ3v) is 4.72. The number of hydrogen-bond acceptors (Lipinski definition) is 6. The molecule has 150 valence electrons. The third kappa shape index (κ3) is 5.61. The standard InChI is InChI=1S/C21H19FN2O4S/c1-13(20(25)24-16-7-5-6-15(22)10-16)28-21(26)18-8-3-4-9-19(18)27-11-17-12-29-14(2)23-17/h3-10,12-13H,11H2,1-2H3,(H,24,25)/t13-/m0/s1. The summed E-state index contributed by atoms with van der Waals surface area (Å²) in [6.45, 7) is 3.55. The maximum Gasteiger partial charge on any atom is 0.342 e. The number of aryl methyl sites for hydroxylation is 1. The highest BCUT2D eigenvalue weighted by Crippen LogP contribution is 2.21. The molecule has 1 aromatic heterocycles. The van der Waals surface area contributed by atoms with Crippen molar-refractivity contribution in [2.24, 2.45) is 0 Å². The average Bonchev–Trinajstić information content (AvgIpc) is 3.11. The number of halogens is 1. The van der Waals surface area contributed by atoms with E-state index < -0.39 is 23.8 Å². The van der Waals surface area contributed by atoms with Crippen LogP contribution in [0, 0.1) is 12.7 Å². The van der Waals surface area contributed by atoms with Gasteiger partial charge in [-0.05, 0) is 44.2 Å². The van der Waals surface area contributed by atoms with Crippen molar-refractivity contribution < 1.29 is 23.5 Å². The molecule has 0 fully saturated rings. The first-order valence-electron chi connectivity index (χ1n) is 8.82. The molecular weight excluding hydrogens is 395 g/mol. The molecular formula is C21H19FN2O4S. The summed E-state index contributed by atoms with van der Waals surface area (Å²) < 4.78 is 24.2. The number of rotatable bonds is 7. The lowest BCUT2D eigenvalue weighted by Gasteiger charge is -2.15. The Morgan fingerprint density at radius 1 is 1.21 bits per heavy atom. The Hall–Kier alpha value is -3.26. The molecule has 0 aliphatic carbocycles. The second-order valence-corrected chi connectivity index (χ2v) is 7.25. The maximum absolute atomic E-state index is 13.2. The van der Waals surface area contributed by atoms with Gasteiger partial charge in [0.2, 0.25) is 0 Å². The van der Waals surface area contributed by atoms with Gasteiger partial charge in [0, 0.05) is 11.1 Å². The van der Waals surface area contributed by atoms with Crippen LogP contribution in [0.15, 0.2) is 53.9 Å². The van der Waals surface area contributed by atoms with Crippen LogP contribution in [-0.4, -0.2) is 23.0 Å². The zero-order chi connectivity index (χ0) is 20.8. The number of benzene rings is 2. The van der Waals surface area contributed by atoms with Crippen LogP contribution >= 0.6 is 11.3 Å². The first kappa shape index (κ1) is 20.5. The predicted octanol–water partition coefficient (Wildman–Crippen LogP) is 4.35. The van der Waals surface area contributed by atoms with Gasteiger partial charge in [-0.1, -0.05) is 18.2 Å². The summed E-state index contributed by atoms with van der Waals surface area (Å²) in [7, 11) is 0. The molecule has 0 saturated carbocycles. The quantitative estimate of drug-likeness (QED) is 0.582. The first-order valence-corrected chi connectivity index (χ1v) is 9.70. The Labute approximate surface area is 171 Å². The van der Waals surface area contributed by atoms with Crippen molar-refractivity contribution in [3.63, 3.8) is 0 Å². The lowest BCUT2D eigenvalue weighted by molar-refractivity contribution is -0.123. The molecule has 0 unspecified atom stereocenters. The van der Waals surface area contributed by atoms with Crippen molar-refractivity contribution in [2.45, 2.75) is 26.6 Å². The van der Waals surface area contributed by atoms with Gasteiger partial charge in [-0.2, -0.15) is 0 Å². The number of thiazole rings is 1. The number of carbonyl (C=O) groups is 2. The summed E-state index contributed by atoms with van der Waals surface area (Å²) in [6.07, 6.45) is -1.08. The zero-order valence-electron chi connectivity index (χ0n) is 15.8. The fourth-order valence-electron chi connectivity index (χ4n) is 2.48. The molecule has 1 heterocycles. The van der Waals surface area contributed by atoms with Gasteiger partial charge in [0.15, 0.2) is 6.10 Å². The van der Waals surface area contributed by atoms with E-state index in [4.69, 9.17) is 9.47 Å². The van der Waals surface area contributed by atoms with Gasteiger partial charge in [-0.3, -0.25) is 4.79 Å². The van der Waals surface area contributed by atoms with Crippen LogP contribution in [0.3, 0.4) is 0 Å². The van der Waals surface area contributed by atoms with Crippen molar-refractivity contribution in [2.75, 3.05) is 5.32 Å². The molecule has 3 aromatic rings. The molecule has 2 aromatic carbocycles. The van der Waals surface area contributed by atoms with E-state index in [0.29, 0.717) is 5.75 Å². The lowest BCUT2D eigenvalue weighted by atomic mass is 10.2. The van der Waals surface area contributed by atoms with E-state index in [1.807, 2.05) is 12.3 Å². The summed E-state index contributed by atoms with van der Waals surface area (Å²) in [6, 6.07) is 12.1. The number of esters is 1. The topological polar surface area (TPSA) is 77.5 Å². The maximum atomic E-state index is 13.2. The van der Waals surface area contributed by atoms with Crippen LogP contribution in [0.5, 0.6) is 5.75 Å². The molecule has 0 spiro atoms. The summed E-state index contributed by atoms with van der Waals surface area (Å²) in [5.41, 5.74) is 1.24. The summed E-state index contributed by atoms with van der Waals surface area (Å²) in [4.78, 5) is 29.1. The SMILES string of the molecule is Cc1nc(COc2ccccc2C(=O)O[C@@H](C)C(=O)Nc2cccc(F)c2)cs1. The fraction of sp³-hybridized carbons (Fsp3) is 0.190. The fourth-order valence-corrected chi connectivity index (χ4v) is 3.07. The van der Waals surface area contributed by atoms with E-state index in [2.05, 4.69) is 10.3 Å². The van der Waals surface area contributed by atoms with Crippen molar-refractivity contribution in [3.05, 3.63) is 76.0 Å². The number of aromatic nitrogens is 1. The number of anilines is 1. The number of carbonyl (C=O) groups excluding carboxylic acids is 2. The lowest BCUT2D eigenvalue weighted by Crippen LogP contribution is -2.30. The third-order valence-electron chi connectivity index (χ3n) is 3.89. The van der Waals surface area contributed by atoms with Gasteiger partial charge in [0.05, 0.1) is 10.7 Å². The van der Waals surface area contributed by atoms with E-state index in [0.717, 1.165) is 10.7 Å². The Morgan fingerprint density at radius 2 is 2.00 bits per heavy atom. The molecule has 0 bridgehead atoms. The highest BCUT2D eigenvalue weighted by Gasteiger charge is 2.21. The minimum absolute atomic E-state index is 0.199. The van der Waals surface area contributed by atoms with Crippen LogP contribution in [0.4, 0.5) is 10.1 Å². The zero-order valence-corrected chi connectivity index (χ0v) is 16.7. The summed E-state index contributed by atoms with van der Waals surface area (Å²) in [5, 5.41) is 5.32. The molecule has 3 rings (SSSR count). The van der Waals surface area contributed by atoms with Gasteiger partial charge in [-0.15, -0.1) is 11.3 Å². The monoisotopic (exact) mass is 414 g/mol. The molecule has 1 amide bonds. The van der Waals surface area contributed by atoms with Crippen LogP contribution in [-0.2, 0) is 16.1 Å². The Bertz CT molecular complexity index is 1020. The van der Waals surface area contributed by atoms with Gasteiger partial charge in [-0.25, -0.2) is 14.2 Å². The second-order valence-electron chi connectivity index (χ2n) is 6.19. The molecule has 1 atom stereocenters. The molecule has 6 nitrogen and oxygen atoms in total. The Kier molecular flexibility index (Phi) is 6.56. The minimum atomic E-state index is -1.08. The van der Waals surface area contributed by atoms with E-state index in [1.54, 1.807) is 30.3 Å². The van der Waals surface area contributed by atoms with Crippen molar-refractivity contribution >= 4 is 28.9 Å². The highest BCUT2D eigenvalue weighted by molar-refractivity contribution is 7.09. The molecule has 1 N–H and O–H groups in total. The number of nitrogens with one attached hydrogen (secondary N) is 1. The smallest absolute Gasteiger partial charge is 0.342 e. The predicted molar refractivity (Wildman–Crippen MR) is 108 cm³/mol. The van der Waals surface area contributed by atoms with E-state index in [1.165, 1.54) is 36.5 Å². The van der Waals surface area contributed by atoms with Gasteiger partial charge < -0.3 is 14.8 Å². The molecule has 0 aliphatic heterocycles. The van der Waals surface area contributed by atoms with Crippen molar-refractivity contribution in [1.29, 1.82) is 0 Å². The second kappa shape index (κ2) is 9.29. The Balaban J connectivity index is 1.63. The number of amides is 1.